The lowest BCUT2D eigenvalue weighted by molar-refractivity contribution is 0.310. The van der Waals surface area contributed by atoms with Gasteiger partial charge in [-0.3, -0.25) is 5.41 Å². The Bertz CT molecular complexity index is 1510. The molecule has 4 rings (SSSR count). The summed E-state index contributed by atoms with van der Waals surface area (Å²) in [6.07, 6.45) is 1.78. The minimum Gasteiger partial charge on any atom is -0.490 e. The fourth-order valence-corrected chi connectivity index (χ4v) is 10.5. The smallest absolute Gasteiger partial charge is 0.290 e. The van der Waals surface area contributed by atoms with E-state index in [1.54, 1.807) is 36.6 Å². The standard InChI is InChI=1S/C21H21BrN4O4S4.CH4/c1-26-8-9-30-17-11-15(6-7-16(17)26)34(28,29)25-33(27,14-5-3-4-13(22)10-14)19-12-18(20(23)24)32-21(19)31-2;/h3-7,10-12H,8-9H2,1-2H3,(H3,23,24);1H4. The van der Waals surface area contributed by atoms with Gasteiger partial charge >= 0.3 is 0 Å². The molecular weight excluding hydrogens is 592 g/mol. The Labute approximate surface area is 222 Å². The third kappa shape index (κ3) is 5.38. The minimum absolute atomic E-state index is 0. The first-order chi connectivity index (χ1) is 16.0. The number of amidine groups is 1. The quantitative estimate of drug-likeness (QED) is 0.220. The number of thioether (sulfide) groups is 1. The normalized spacial score (nSPS) is 14.8. The van der Waals surface area contributed by atoms with Crippen molar-refractivity contribution in [3.05, 3.63) is 57.9 Å². The van der Waals surface area contributed by atoms with Gasteiger partial charge < -0.3 is 15.4 Å². The van der Waals surface area contributed by atoms with Gasteiger partial charge in [0.2, 0.25) is 0 Å². The number of ether oxygens (including phenoxy) is 1. The van der Waals surface area contributed by atoms with Crippen LogP contribution in [0.2, 0.25) is 0 Å². The number of sulfonamides is 1. The highest BCUT2D eigenvalue weighted by atomic mass is 79.9. The largest absolute Gasteiger partial charge is 0.490 e. The molecule has 0 fully saturated rings. The highest BCUT2D eigenvalue weighted by Gasteiger charge is 2.29. The van der Waals surface area contributed by atoms with Gasteiger partial charge in [-0.2, -0.15) is 8.42 Å². The number of nitrogens with one attached hydrogen (secondary N) is 1. The number of halogens is 1. The molecule has 1 unspecified atom stereocenters. The summed E-state index contributed by atoms with van der Waals surface area (Å²) in [4.78, 5) is 2.68. The Morgan fingerprint density at radius 2 is 1.94 bits per heavy atom. The first-order valence-electron chi connectivity index (χ1n) is 9.84. The van der Waals surface area contributed by atoms with Gasteiger partial charge in [-0.05, 0) is 42.7 Å². The molecule has 0 saturated carbocycles. The molecule has 0 spiro atoms. The van der Waals surface area contributed by atoms with Crippen molar-refractivity contribution in [2.75, 3.05) is 31.4 Å². The lowest BCUT2D eigenvalue weighted by Crippen LogP contribution is -2.28. The number of hydrogen-bond acceptors (Lipinski definition) is 8. The lowest BCUT2D eigenvalue weighted by Gasteiger charge is -2.27. The van der Waals surface area contributed by atoms with Gasteiger partial charge in [0, 0.05) is 17.6 Å². The van der Waals surface area contributed by atoms with Gasteiger partial charge in [0.05, 0.1) is 36.0 Å². The number of nitrogens with zero attached hydrogens (tertiary/aromatic N) is 2. The molecule has 1 aliphatic heterocycles. The van der Waals surface area contributed by atoms with E-state index in [0.717, 1.165) is 5.69 Å². The van der Waals surface area contributed by atoms with Crippen LogP contribution in [0.5, 0.6) is 5.75 Å². The van der Waals surface area contributed by atoms with Gasteiger partial charge in [-0.1, -0.05) is 33.2 Å². The van der Waals surface area contributed by atoms with Crippen molar-refractivity contribution in [1.29, 1.82) is 5.41 Å². The molecule has 3 aromatic rings. The molecule has 0 saturated heterocycles. The zero-order chi connectivity index (χ0) is 24.7. The Hall–Kier alpha value is -2.06. The second-order valence-corrected chi connectivity index (χ2v) is 14.3. The predicted molar refractivity (Wildman–Crippen MR) is 147 cm³/mol. The summed E-state index contributed by atoms with van der Waals surface area (Å²) < 4.78 is 52.4. The van der Waals surface area contributed by atoms with Crippen LogP contribution < -0.4 is 15.4 Å². The van der Waals surface area contributed by atoms with Crippen LogP contribution >= 0.6 is 39.0 Å². The van der Waals surface area contributed by atoms with E-state index < -0.39 is 19.8 Å². The predicted octanol–water partition coefficient (Wildman–Crippen LogP) is 5.26. The van der Waals surface area contributed by atoms with E-state index in [1.807, 2.05) is 11.9 Å². The third-order valence-electron chi connectivity index (χ3n) is 5.06. The van der Waals surface area contributed by atoms with Crippen molar-refractivity contribution in [3.63, 3.8) is 0 Å². The maximum absolute atomic E-state index is 14.6. The number of hydrogen-bond donors (Lipinski definition) is 2. The van der Waals surface area contributed by atoms with E-state index in [1.165, 1.54) is 41.3 Å². The van der Waals surface area contributed by atoms with Crippen LogP contribution in [0.15, 0.2) is 75.7 Å². The number of anilines is 1. The van der Waals surface area contributed by atoms with Gasteiger partial charge in [-0.15, -0.1) is 23.1 Å². The fraction of sp³-hybridized carbons (Fsp3) is 0.227. The maximum Gasteiger partial charge on any atom is 0.290 e. The summed E-state index contributed by atoms with van der Waals surface area (Å²) in [6.45, 7) is 1.12. The third-order valence-corrected chi connectivity index (χ3v) is 12.4. The summed E-state index contributed by atoms with van der Waals surface area (Å²) in [6, 6.07) is 12.6. The SMILES string of the molecule is C.CSc1sc(C(=N)N)cc1S(=O)(=NS(=O)(=O)c1ccc2c(c1)OCCN2C)c1cccc(Br)c1. The van der Waals surface area contributed by atoms with Crippen molar-refractivity contribution < 1.29 is 17.4 Å². The first kappa shape index (κ1) is 27.5. The second-order valence-electron chi connectivity index (χ2n) is 7.31. The van der Waals surface area contributed by atoms with Gasteiger partial charge in [0.1, 0.15) is 27.9 Å². The molecule has 188 valence electrons. The topological polar surface area (TPSA) is 126 Å². The molecule has 2 aromatic carbocycles. The highest BCUT2D eigenvalue weighted by Crippen LogP contribution is 2.40. The summed E-state index contributed by atoms with van der Waals surface area (Å²) in [7, 11) is -6.14. The van der Waals surface area contributed by atoms with Crippen LogP contribution in [0.3, 0.4) is 0 Å². The molecule has 0 aliphatic carbocycles. The maximum atomic E-state index is 14.6. The van der Waals surface area contributed by atoms with Crippen molar-refractivity contribution in [1.82, 2.24) is 0 Å². The lowest BCUT2D eigenvalue weighted by atomic mass is 10.2. The molecule has 0 bridgehead atoms. The van der Waals surface area contributed by atoms with Crippen molar-refractivity contribution in [2.45, 2.75) is 26.3 Å². The van der Waals surface area contributed by atoms with Crippen LogP contribution in [0.25, 0.3) is 0 Å². The second kappa shape index (κ2) is 10.5. The molecule has 1 atom stereocenters. The van der Waals surface area contributed by atoms with Gasteiger partial charge in [-0.25, -0.2) is 4.21 Å². The summed E-state index contributed by atoms with van der Waals surface area (Å²) in [5, 5.41) is 7.80. The first-order valence-corrected chi connectivity index (χ1v) is 15.6. The Balaban J connectivity index is 0.00000342. The number of nitrogen functional groups attached to an aromatic ring is 1. The monoisotopic (exact) mass is 616 g/mol. The van der Waals surface area contributed by atoms with E-state index in [2.05, 4.69) is 19.7 Å². The van der Waals surface area contributed by atoms with Crippen LogP contribution in [-0.2, 0) is 19.8 Å². The number of fused-ring (bicyclic) bond motifs is 1. The van der Waals surface area contributed by atoms with Crippen LogP contribution in [0.4, 0.5) is 5.69 Å². The Morgan fingerprint density at radius 1 is 1.20 bits per heavy atom. The van der Waals surface area contributed by atoms with Crippen molar-refractivity contribution in [2.24, 2.45) is 9.50 Å². The van der Waals surface area contributed by atoms with Crippen LogP contribution in [0, 0.1) is 5.41 Å². The summed E-state index contributed by atoms with van der Waals surface area (Å²) >= 11 is 5.84. The average Bonchev–Trinajstić information content (AvgIpc) is 3.24. The Kier molecular flexibility index (Phi) is 8.26. The molecule has 2 heterocycles. The number of benzene rings is 2. The summed E-state index contributed by atoms with van der Waals surface area (Å²) in [5.74, 6) is 0.236. The molecule has 35 heavy (non-hydrogen) atoms. The summed E-state index contributed by atoms with van der Waals surface area (Å²) in [5.41, 5.74) is 6.44. The molecule has 13 heteroatoms. The molecule has 3 N–H and O–H groups in total. The average molecular weight is 618 g/mol. The number of rotatable bonds is 6. The van der Waals surface area contributed by atoms with E-state index in [-0.39, 0.29) is 27.9 Å². The van der Waals surface area contributed by atoms with Crippen molar-refractivity contribution >= 4 is 70.3 Å². The minimum atomic E-state index is -4.37. The van der Waals surface area contributed by atoms with Crippen LogP contribution in [-0.4, -0.2) is 44.9 Å². The molecule has 8 nitrogen and oxygen atoms in total. The number of likely N-dealkylation sites (N-methyl/N-ethyl adjacent to an activating group) is 1. The fourth-order valence-electron chi connectivity index (χ4n) is 3.35. The van der Waals surface area contributed by atoms with Gasteiger partial charge in [0.15, 0.2) is 0 Å². The van der Waals surface area contributed by atoms with E-state index >= 15 is 0 Å². The zero-order valence-electron chi connectivity index (χ0n) is 18.1. The zero-order valence-corrected chi connectivity index (χ0v) is 23.0. The van der Waals surface area contributed by atoms with E-state index in [9.17, 15) is 12.6 Å². The number of nitrogens with two attached hydrogens (primary N) is 1. The van der Waals surface area contributed by atoms with Gasteiger partial charge in [0.25, 0.3) is 10.0 Å². The number of thiophene rings is 1. The van der Waals surface area contributed by atoms with Crippen LogP contribution in [0.1, 0.15) is 12.3 Å². The highest BCUT2D eigenvalue weighted by molar-refractivity contribution is 9.10. The van der Waals surface area contributed by atoms with E-state index in [4.69, 9.17) is 15.9 Å². The molecule has 1 aliphatic rings. The van der Waals surface area contributed by atoms with E-state index in [0.29, 0.717) is 32.5 Å². The molecular formula is C22H25BrN4O4S4. The molecule has 0 radical (unpaired) electrons. The molecule has 1 aromatic heterocycles. The molecule has 0 amide bonds. The Morgan fingerprint density at radius 3 is 2.60 bits per heavy atom. The van der Waals surface area contributed by atoms with Crippen molar-refractivity contribution in [3.8, 4) is 5.75 Å².